The fourth-order valence-electron chi connectivity index (χ4n) is 3.47. The number of rotatable bonds is 5. The summed E-state index contributed by atoms with van der Waals surface area (Å²) in [6.07, 6.45) is 0.806. The third-order valence-corrected chi connectivity index (χ3v) is 4.69. The topological polar surface area (TPSA) is 29.5 Å². The largest absolute Gasteiger partial charge is 0.508 e. The average molecular weight is 347 g/mol. The zero-order chi connectivity index (χ0) is 18.1. The summed E-state index contributed by atoms with van der Waals surface area (Å²) >= 11 is 6.17. The first-order valence-electron chi connectivity index (χ1n) is 8.31. The highest BCUT2D eigenvalue weighted by atomic mass is 35.5. The highest BCUT2D eigenvalue weighted by Gasteiger charge is 2.27. The number of ether oxygens (including phenoxy) is 1. The summed E-state index contributed by atoms with van der Waals surface area (Å²) in [7, 11) is 1.68. The lowest BCUT2D eigenvalue weighted by Gasteiger charge is -2.30. The summed E-state index contributed by atoms with van der Waals surface area (Å²) in [5, 5.41) is 10.7. The predicted octanol–water partition coefficient (Wildman–Crippen LogP) is 6.01. The normalized spacial score (nSPS) is 11.8. The van der Waals surface area contributed by atoms with Crippen molar-refractivity contribution in [3.05, 3.63) is 57.6 Å². The van der Waals surface area contributed by atoms with Crippen LogP contribution in [0.4, 0.5) is 0 Å². The molecule has 2 aromatic carbocycles. The lowest BCUT2D eigenvalue weighted by atomic mass is 9.76. The van der Waals surface area contributed by atoms with E-state index in [1.165, 1.54) is 0 Å². The summed E-state index contributed by atoms with van der Waals surface area (Å²) in [6.45, 7) is 10.7. The van der Waals surface area contributed by atoms with E-state index in [-0.39, 0.29) is 5.41 Å². The van der Waals surface area contributed by atoms with E-state index in [0.29, 0.717) is 16.7 Å². The van der Waals surface area contributed by atoms with Crippen LogP contribution in [-0.2, 0) is 11.8 Å². The number of phenolic OH excluding ortho intramolecular Hbond substituents is 1. The zero-order valence-electron chi connectivity index (χ0n) is 15.4. The maximum Gasteiger partial charge on any atom is 0.124 e. The molecule has 0 atom stereocenters. The van der Waals surface area contributed by atoms with E-state index in [1.54, 1.807) is 7.11 Å². The first-order chi connectivity index (χ1) is 11.1. The zero-order valence-corrected chi connectivity index (χ0v) is 16.2. The lowest BCUT2D eigenvalue weighted by Crippen LogP contribution is -2.23. The molecule has 0 aliphatic carbocycles. The quantitative estimate of drug-likeness (QED) is 0.718. The third-order valence-electron chi connectivity index (χ3n) is 4.47. The molecule has 130 valence electrons. The van der Waals surface area contributed by atoms with Gasteiger partial charge in [0.25, 0.3) is 0 Å². The van der Waals surface area contributed by atoms with Gasteiger partial charge < -0.3 is 9.84 Å². The van der Waals surface area contributed by atoms with Gasteiger partial charge in [-0.15, -0.1) is 0 Å². The number of methoxy groups -OCH3 is 1. The molecule has 0 radical (unpaired) electrons. The van der Waals surface area contributed by atoms with Crippen LogP contribution in [0, 0.1) is 6.92 Å². The van der Waals surface area contributed by atoms with Crippen molar-refractivity contribution in [2.75, 3.05) is 7.11 Å². The van der Waals surface area contributed by atoms with Crippen molar-refractivity contribution in [2.45, 2.75) is 52.4 Å². The van der Waals surface area contributed by atoms with Gasteiger partial charge in [0.1, 0.15) is 11.5 Å². The van der Waals surface area contributed by atoms with Gasteiger partial charge in [-0.3, -0.25) is 0 Å². The Hall–Kier alpha value is -1.67. The van der Waals surface area contributed by atoms with Crippen LogP contribution < -0.4 is 4.74 Å². The third kappa shape index (κ3) is 4.05. The average Bonchev–Trinajstić information content (AvgIpc) is 2.44. The number of hydrogen-bond acceptors (Lipinski definition) is 2. The first kappa shape index (κ1) is 18.7. The van der Waals surface area contributed by atoms with Gasteiger partial charge in [0, 0.05) is 10.6 Å². The van der Waals surface area contributed by atoms with E-state index >= 15 is 0 Å². The highest BCUT2D eigenvalue weighted by Crippen LogP contribution is 2.39. The molecule has 0 amide bonds. The fourth-order valence-corrected chi connectivity index (χ4v) is 3.74. The highest BCUT2D eigenvalue weighted by molar-refractivity contribution is 6.30. The minimum absolute atomic E-state index is 0.151. The molecule has 2 nitrogen and oxygen atoms in total. The van der Waals surface area contributed by atoms with Crippen molar-refractivity contribution in [1.82, 2.24) is 0 Å². The minimum Gasteiger partial charge on any atom is -0.508 e. The van der Waals surface area contributed by atoms with E-state index in [9.17, 15) is 5.11 Å². The number of phenols is 1. The second-order valence-electron chi connectivity index (χ2n) is 7.45. The Morgan fingerprint density at radius 2 is 1.79 bits per heavy atom. The van der Waals surface area contributed by atoms with Gasteiger partial charge in [0.15, 0.2) is 0 Å². The maximum absolute atomic E-state index is 10.1. The van der Waals surface area contributed by atoms with Crippen LogP contribution in [0.2, 0.25) is 5.02 Å². The second-order valence-corrected chi connectivity index (χ2v) is 7.88. The number of aryl methyl sites for hydroxylation is 1. The van der Waals surface area contributed by atoms with Gasteiger partial charge in [-0.05, 0) is 65.6 Å². The van der Waals surface area contributed by atoms with Crippen LogP contribution in [0.1, 0.15) is 55.9 Å². The molecule has 2 aromatic rings. The van der Waals surface area contributed by atoms with E-state index in [4.69, 9.17) is 16.3 Å². The molecule has 24 heavy (non-hydrogen) atoms. The summed E-state index contributed by atoms with van der Waals surface area (Å²) in [5.41, 5.74) is 4.40. The molecule has 2 rings (SSSR count). The van der Waals surface area contributed by atoms with Crippen molar-refractivity contribution in [2.24, 2.45) is 0 Å². The monoisotopic (exact) mass is 346 g/mol. The second kappa shape index (κ2) is 7.06. The number of benzene rings is 2. The molecule has 1 N–H and O–H groups in total. The summed E-state index contributed by atoms with van der Waals surface area (Å²) in [4.78, 5) is 0. The maximum atomic E-state index is 10.1. The van der Waals surface area contributed by atoms with Crippen molar-refractivity contribution < 1.29 is 9.84 Å². The number of halogens is 1. The Morgan fingerprint density at radius 3 is 2.38 bits per heavy atom. The molecule has 0 unspecified atom stereocenters. The van der Waals surface area contributed by atoms with Crippen molar-refractivity contribution >= 4 is 11.6 Å². The summed E-state index contributed by atoms with van der Waals surface area (Å²) in [5.74, 6) is 1.52. The molecular weight excluding hydrogens is 320 g/mol. The lowest BCUT2D eigenvalue weighted by molar-refractivity contribution is 0.390. The first-order valence-corrected chi connectivity index (χ1v) is 8.69. The van der Waals surface area contributed by atoms with Gasteiger partial charge in [0.05, 0.1) is 7.11 Å². The molecule has 0 aliphatic heterocycles. The van der Waals surface area contributed by atoms with Crippen molar-refractivity contribution in [3.8, 4) is 11.5 Å². The van der Waals surface area contributed by atoms with Crippen LogP contribution in [0.15, 0.2) is 30.3 Å². The van der Waals surface area contributed by atoms with Gasteiger partial charge in [0.2, 0.25) is 0 Å². The predicted molar refractivity (Wildman–Crippen MR) is 102 cm³/mol. The summed E-state index contributed by atoms with van der Waals surface area (Å²) < 4.78 is 5.58. The molecule has 0 aliphatic rings. The van der Waals surface area contributed by atoms with Crippen molar-refractivity contribution in [1.29, 1.82) is 0 Å². The molecule has 0 aromatic heterocycles. The minimum atomic E-state index is -0.151. The van der Waals surface area contributed by atoms with E-state index < -0.39 is 0 Å². The molecule has 0 saturated heterocycles. The standard InChI is InChI=1S/C21H27ClO2/c1-13(2)16-8-15(9-18(23)10-16)12-21(4,5)20-14(3)7-17(22)11-19(20)24-6/h7-11,13,23H,12H2,1-6H3. The molecule has 0 bridgehead atoms. The Labute approximate surface area is 150 Å². The van der Waals surface area contributed by atoms with Crippen LogP contribution >= 0.6 is 11.6 Å². The SMILES string of the molecule is COc1cc(Cl)cc(C)c1C(C)(C)Cc1cc(O)cc(C(C)C)c1. The molecular formula is C21H27ClO2. The van der Waals surface area contributed by atoms with E-state index in [2.05, 4.69) is 40.7 Å². The van der Waals surface area contributed by atoms with Crippen LogP contribution in [0.3, 0.4) is 0 Å². The summed E-state index contributed by atoms with van der Waals surface area (Å²) in [6, 6.07) is 9.72. The van der Waals surface area contributed by atoms with Gasteiger partial charge in [-0.2, -0.15) is 0 Å². The van der Waals surface area contributed by atoms with E-state index in [1.807, 2.05) is 24.3 Å². The van der Waals surface area contributed by atoms with Gasteiger partial charge in [-0.25, -0.2) is 0 Å². The number of hydrogen-bond donors (Lipinski definition) is 1. The smallest absolute Gasteiger partial charge is 0.124 e. The van der Waals surface area contributed by atoms with Gasteiger partial charge in [-0.1, -0.05) is 45.4 Å². The van der Waals surface area contributed by atoms with Crippen molar-refractivity contribution in [3.63, 3.8) is 0 Å². The van der Waals surface area contributed by atoms with Gasteiger partial charge >= 0.3 is 0 Å². The Kier molecular flexibility index (Phi) is 5.49. The van der Waals surface area contributed by atoms with Crippen LogP contribution in [0.5, 0.6) is 11.5 Å². The van der Waals surface area contributed by atoms with Crippen LogP contribution in [-0.4, -0.2) is 12.2 Å². The molecule has 0 saturated carbocycles. The fraction of sp³-hybridized carbons (Fsp3) is 0.429. The Bertz CT molecular complexity index is 733. The number of aromatic hydroxyl groups is 1. The molecule has 0 heterocycles. The van der Waals surface area contributed by atoms with Crippen LogP contribution in [0.25, 0.3) is 0 Å². The Balaban J connectivity index is 2.46. The molecule has 3 heteroatoms. The Morgan fingerprint density at radius 1 is 1.12 bits per heavy atom. The molecule has 0 spiro atoms. The van der Waals surface area contributed by atoms with E-state index in [0.717, 1.165) is 34.4 Å². The molecule has 0 fully saturated rings.